The number of ether oxygens (including phenoxy) is 2. The molecule has 0 aromatic carbocycles. The Kier molecular flexibility index (Phi) is 5.79. The minimum atomic E-state index is -0.134. The molecule has 1 fully saturated rings. The highest BCUT2D eigenvalue weighted by Gasteiger charge is 2.40. The maximum Gasteiger partial charge on any atom is 0.0878 e. The van der Waals surface area contributed by atoms with Gasteiger partial charge < -0.3 is 14.8 Å². The van der Waals surface area contributed by atoms with Crippen LogP contribution in [-0.4, -0.2) is 48.3 Å². The van der Waals surface area contributed by atoms with Crippen LogP contribution < -0.4 is 5.32 Å². The molecule has 5 heteroatoms. The van der Waals surface area contributed by atoms with Crippen molar-refractivity contribution < 1.29 is 9.47 Å². The third-order valence-electron chi connectivity index (χ3n) is 4.63. The van der Waals surface area contributed by atoms with Crippen molar-refractivity contribution in [2.75, 3.05) is 26.9 Å². The van der Waals surface area contributed by atoms with Crippen molar-refractivity contribution in [3.8, 4) is 0 Å². The van der Waals surface area contributed by atoms with E-state index in [1.807, 2.05) is 18.8 Å². The first kappa shape index (κ1) is 16.5. The van der Waals surface area contributed by atoms with Gasteiger partial charge in [-0.2, -0.15) is 5.10 Å². The molecule has 0 saturated carbocycles. The molecule has 2 rings (SSSR count). The summed E-state index contributed by atoms with van der Waals surface area (Å²) in [6, 6.07) is 2.50. The molecule has 1 aliphatic heterocycles. The lowest BCUT2D eigenvalue weighted by molar-refractivity contribution is -0.110. The van der Waals surface area contributed by atoms with E-state index in [1.165, 1.54) is 5.69 Å². The largest absolute Gasteiger partial charge is 0.381 e. The van der Waals surface area contributed by atoms with Crippen molar-refractivity contribution >= 4 is 0 Å². The van der Waals surface area contributed by atoms with Gasteiger partial charge >= 0.3 is 0 Å². The molecule has 5 nitrogen and oxygen atoms in total. The fourth-order valence-electron chi connectivity index (χ4n) is 3.25. The fraction of sp³-hybridized carbons (Fsp3) is 0.812. The van der Waals surface area contributed by atoms with Gasteiger partial charge in [0.2, 0.25) is 0 Å². The second kappa shape index (κ2) is 7.38. The van der Waals surface area contributed by atoms with Crippen molar-refractivity contribution in [3.05, 3.63) is 17.5 Å². The first-order valence-corrected chi connectivity index (χ1v) is 8.03. The Labute approximate surface area is 128 Å². The molecule has 1 N–H and O–H groups in total. The van der Waals surface area contributed by atoms with Gasteiger partial charge in [0, 0.05) is 58.4 Å². The molecule has 1 aromatic heterocycles. The average Bonchev–Trinajstić information content (AvgIpc) is 2.88. The summed E-state index contributed by atoms with van der Waals surface area (Å²) in [5.41, 5.74) is 2.28. The first-order valence-electron chi connectivity index (χ1n) is 8.03. The first-order chi connectivity index (χ1) is 10.1. The highest BCUT2D eigenvalue weighted by atomic mass is 16.5. The zero-order chi connectivity index (χ0) is 15.3. The van der Waals surface area contributed by atoms with Gasteiger partial charge in [0.25, 0.3) is 0 Å². The van der Waals surface area contributed by atoms with Crippen LogP contribution in [0.25, 0.3) is 0 Å². The summed E-state index contributed by atoms with van der Waals surface area (Å²) in [5.74, 6) is 0. The van der Waals surface area contributed by atoms with Gasteiger partial charge in [0.15, 0.2) is 0 Å². The molecule has 0 spiro atoms. The van der Waals surface area contributed by atoms with Gasteiger partial charge in [0.1, 0.15) is 0 Å². The van der Waals surface area contributed by atoms with E-state index in [4.69, 9.17) is 9.47 Å². The average molecular weight is 295 g/mol. The van der Waals surface area contributed by atoms with Crippen LogP contribution in [0.1, 0.15) is 38.1 Å². The Morgan fingerprint density at radius 3 is 2.67 bits per heavy atom. The number of likely N-dealkylation sites (N-methyl/N-ethyl adjacent to an activating group) is 1. The summed E-state index contributed by atoms with van der Waals surface area (Å²) < 4.78 is 13.5. The molecular formula is C16H29N3O2. The predicted molar refractivity (Wildman–Crippen MR) is 83.5 cm³/mol. The van der Waals surface area contributed by atoms with Gasteiger partial charge in [-0.1, -0.05) is 13.8 Å². The normalized spacial score (nSPS) is 19.6. The highest BCUT2D eigenvalue weighted by molar-refractivity contribution is 5.13. The molecule has 1 aliphatic rings. The van der Waals surface area contributed by atoms with Gasteiger partial charge in [-0.3, -0.25) is 4.68 Å². The zero-order valence-electron chi connectivity index (χ0n) is 13.8. The number of methoxy groups -OCH3 is 1. The number of hydrogen-bond donors (Lipinski definition) is 1. The molecule has 0 amide bonds. The van der Waals surface area contributed by atoms with E-state index in [0.717, 1.165) is 51.1 Å². The molecular weight excluding hydrogens is 266 g/mol. The zero-order valence-corrected chi connectivity index (χ0v) is 13.8. The Hall–Kier alpha value is -0.910. The molecule has 2 heterocycles. The molecule has 1 saturated heterocycles. The van der Waals surface area contributed by atoms with Crippen LogP contribution in [0.2, 0.25) is 0 Å². The van der Waals surface area contributed by atoms with Gasteiger partial charge in [-0.05, 0) is 19.0 Å². The smallest absolute Gasteiger partial charge is 0.0878 e. The Bertz CT molecular complexity index is 439. The minimum Gasteiger partial charge on any atom is -0.381 e. The summed E-state index contributed by atoms with van der Waals surface area (Å²) in [5, 5.41) is 8.18. The quantitative estimate of drug-likeness (QED) is 0.832. The summed E-state index contributed by atoms with van der Waals surface area (Å²) in [7, 11) is 3.86. The van der Waals surface area contributed by atoms with Gasteiger partial charge in [-0.15, -0.1) is 0 Å². The molecule has 1 atom stereocenters. The van der Waals surface area contributed by atoms with E-state index >= 15 is 0 Å². The maximum atomic E-state index is 5.97. The monoisotopic (exact) mass is 295 g/mol. The lowest BCUT2D eigenvalue weighted by Crippen LogP contribution is -2.56. The third-order valence-corrected chi connectivity index (χ3v) is 4.63. The van der Waals surface area contributed by atoms with E-state index in [2.05, 4.69) is 30.3 Å². The van der Waals surface area contributed by atoms with Crippen LogP contribution in [0.5, 0.6) is 0 Å². The van der Waals surface area contributed by atoms with Gasteiger partial charge in [0.05, 0.1) is 11.3 Å². The Morgan fingerprint density at radius 1 is 1.43 bits per heavy atom. The third kappa shape index (κ3) is 3.65. The lowest BCUT2D eigenvalue weighted by atomic mass is 9.83. The van der Waals surface area contributed by atoms with Crippen LogP contribution in [0.3, 0.4) is 0 Å². The lowest BCUT2D eigenvalue weighted by Gasteiger charge is -2.42. The van der Waals surface area contributed by atoms with Crippen molar-refractivity contribution in [3.63, 3.8) is 0 Å². The summed E-state index contributed by atoms with van der Waals surface area (Å²) in [6.07, 6.45) is 3.80. The topological polar surface area (TPSA) is 48.3 Å². The highest BCUT2D eigenvalue weighted by Crippen LogP contribution is 2.30. The molecule has 0 aliphatic carbocycles. The predicted octanol–water partition coefficient (Wildman–Crippen LogP) is 1.70. The molecule has 21 heavy (non-hydrogen) atoms. The second-order valence-corrected chi connectivity index (χ2v) is 5.80. The SMILES string of the molecule is CCNC(Cc1cc(CC)nn1C)C1(OC)CCOCC1. The number of nitrogens with one attached hydrogen (secondary N) is 1. The number of nitrogens with zero attached hydrogens (tertiary/aromatic N) is 2. The van der Waals surface area contributed by atoms with Crippen LogP contribution in [0, 0.1) is 0 Å². The van der Waals surface area contributed by atoms with Crippen LogP contribution in [-0.2, 0) is 29.4 Å². The summed E-state index contributed by atoms with van der Waals surface area (Å²) in [6.45, 7) is 6.79. The van der Waals surface area contributed by atoms with E-state index in [-0.39, 0.29) is 11.6 Å². The summed E-state index contributed by atoms with van der Waals surface area (Å²) in [4.78, 5) is 0. The second-order valence-electron chi connectivity index (χ2n) is 5.80. The Morgan fingerprint density at radius 2 is 2.14 bits per heavy atom. The van der Waals surface area contributed by atoms with Crippen molar-refractivity contribution in [2.45, 2.75) is 51.2 Å². The van der Waals surface area contributed by atoms with E-state index in [9.17, 15) is 0 Å². The number of aryl methyl sites for hydroxylation is 2. The van der Waals surface area contributed by atoms with Crippen LogP contribution >= 0.6 is 0 Å². The molecule has 1 aromatic rings. The molecule has 120 valence electrons. The number of hydrogen-bond acceptors (Lipinski definition) is 4. The minimum absolute atomic E-state index is 0.134. The molecule has 0 bridgehead atoms. The molecule has 0 radical (unpaired) electrons. The van der Waals surface area contributed by atoms with E-state index in [1.54, 1.807) is 0 Å². The van der Waals surface area contributed by atoms with Crippen molar-refractivity contribution in [1.82, 2.24) is 15.1 Å². The van der Waals surface area contributed by atoms with E-state index < -0.39 is 0 Å². The summed E-state index contributed by atoms with van der Waals surface area (Å²) >= 11 is 0. The van der Waals surface area contributed by atoms with E-state index in [0.29, 0.717) is 0 Å². The fourth-order valence-corrected chi connectivity index (χ4v) is 3.25. The Balaban J connectivity index is 2.18. The standard InChI is InChI=1S/C16H29N3O2/c1-5-13-11-14(19(3)18-13)12-15(17-6-2)16(20-4)7-9-21-10-8-16/h11,15,17H,5-10,12H2,1-4H3. The van der Waals surface area contributed by atoms with Crippen LogP contribution in [0.15, 0.2) is 6.07 Å². The number of rotatable bonds is 7. The molecule has 1 unspecified atom stereocenters. The maximum absolute atomic E-state index is 5.97. The van der Waals surface area contributed by atoms with Crippen LogP contribution in [0.4, 0.5) is 0 Å². The van der Waals surface area contributed by atoms with Crippen molar-refractivity contribution in [2.24, 2.45) is 7.05 Å². The van der Waals surface area contributed by atoms with Gasteiger partial charge in [-0.25, -0.2) is 0 Å². The number of aromatic nitrogens is 2. The van der Waals surface area contributed by atoms with Crippen molar-refractivity contribution in [1.29, 1.82) is 0 Å².